The number of aryl methyl sites for hydroxylation is 2. The maximum Gasteiger partial charge on any atom is 0.125 e. The van der Waals surface area contributed by atoms with E-state index in [2.05, 4.69) is 52.1 Å². The van der Waals surface area contributed by atoms with E-state index in [0.717, 1.165) is 12.4 Å². The lowest BCUT2D eigenvalue weighted by Gasteiger charge is -2.22. The Morgan fingerprint density at radius 3 is 2.24 bits per heavy atom. The third-order valence-corrected chi connectivity index (χ3v) is 3.46. The zero-order valence-corrected chi connectivity index (χ0v) is 11.9. The molecule has 1 atom stereocenters. The molecule has 0 saturated heterocycles. The van der Waals surface area contributed by atoms with Crippen LogP contribution in [0.2, 0.25) is 0 Å². The Kier molecular flexibility index (Phi) is 5.01. The number of hydrogen-bond acceptors (Lipinski definition) is 2. The normalized spacial score (nSPS) is 12.9. The molecule has 0 aliphatic heterocycles. The molecule has 0 aromatic heterocycles. The van der Waals surface area contributed by atoms with Gasteiger partial charge in [0, 0.05) is 6.04 Å². The molecule has 0 aliphatic carbocycles. The molecule has 0 spiro atoms. The third-order valence-electron chi connectivity index (χ3n) is 3.46. The van der Waals surface area contributed by atoms with E-state index in [1.165, 1.54) is 16.7 Å². The summed E-state index contributed by atoms with van der Waals surface area (Å²) in [5.41, 5.74) is 3.76. The minimum absolute atomic E-state index is 0.398. The third kappa shape index (κ3) is 3.47. The first-order valence-corrected chi connectivity index (χ1v) is 6.34. The van der Waals surface area contributed by atoms with Gasteiger partial charge < -0.3 is 10.1 Å². The molecule has 1 aromatic rings. The molecular formula is C15H25NO. The van der Waals surface area contributed by atoms with Gasteiger partial charge in [0.25, 0.3) is 0 Å². The summed E-state index contributed by atoms with van der Waals surface area (Å²) in [4.78, 5) is 0. The van der Waals surface area contributed by atoms with E-state index in [1.807, 2.05) is 7.05 Å². The number of likely N-dealkylation sites (N-methyl/N-ethyl adjacent to an activating group) is 1. The summed E-state index contributed by atoms with van der Waals surface area (Å²) < 4.78 is 6.00. The Bertz CT molecular complexity index is 371. The molecule has 0 heterocycles. The fraction of sp³-hybridized carbons (Fsp3) is 0.600. The minimum atomic E-state index is 0.398. The molecule has 0 amide bonds. The van der Waals surface area contributed by atoms with Crippen LogP contribution in [0.1, 0.15) is 30.5 Å². The van der Waals surface area contributed by atoms with Crippen molar-refractivity contribution in [3.63, 3.8) is 0 Å². The van der Waals surface area contributed by atoms with Crippen molar-refractivity contribution in [1.29, 1.82) is 0 Å². The molecular weight excluding hydrogens is 210 g/mol. The molecule has 1 rings (SSSR count). The van der Waals surface area contributed by atoms with Crippen LogP contribution in [0.5, 0.6) is 5.75 Å². The summed E-state index contributed by atoms with van der Waals surface area (Å²) in [7, 11) is 1.99. The van der Waals surface area contributed by atoms with Crippen LogP contribution in [0, 0.1) is 26.7 Å². The SMILES string of the molecule is CNC(COc1c(C)ccc(C)c1C)C(C)C. The van der Waals surface area contributed by atoms with Crippen molar-refractivity contribution in [2.45, 2.75) is 40.7 Å². The van der Waals surface area contributed by atoms with Gasteiger partial charge >= 0.3 is 0 Å². The van der Waals surface area contributed by atoms with E-state index in [0.29, 0.717) is 12.0 Å². The molecule has 1 N–H and O–H groups in total. The topological polar surface area (TPSA) is 21.3 Å². The lowest BCUT2D eigenvalue weighted by molar-refractivity contribution is 0.235. The molecule has 2 nitrogen and oxygen atoms in total. The number of nitrogens with one attached hydrogen (secondary N) is 1. The summed E-state index contributed by atoms with van der Waals surface area (Å²) in [6.45, 7) is 11.5. The van der Waals surface area contributed by atoms with Gasteiger partial charge in [-0.05, 0) is 50.4 Å². The van der Waals surface area contributed by atoms with Crippen LogP contribution in [0.25, 0.3) is 0 Å². The Morgan fingerprint density at radius 2 is 1.71 bits per heavy atom. The van der Waals surface area contributed by atoms with Gasteiger partial charge in [-0.15, -0.1) is 0 Å². The zero-order valence-electron chi connectivity index (χ0n) is 11.9. The standard InChI is InChI=1S/C15H25NO/c1-10(2)14(16-6)9-17-15-12(4)8-7-11(3)13(15)5/h7-8,10,14,16H,9H2,1-6H3. The quantitative estimate of drug-likeness (QED) is 0.846. The van der Waals surface area contributed by atoms with E-state index >= 15 is 0 Å². The van der Waals surface area contributed by atoms with E-state index < -0.39 is 0 Å². The average molecular weight is 235 g/mol. The van der Waals surface area contributed by atoms with Crippen LogP contribution in [-0.2, 0) is 0 Å². The number of rotatable bonds is 5. The molecule has 17 heavy (non-hydrogen) atoms. The van der Waals surface area contributed by atoms with Crippen LogP contribution < -0.4 is 10.1 Å². The predicted octanol–water partition coefficient (Wildman–Crippen LogP) is 3.23. The molecule has 0 radical (unpaired) electrons. The van der Waals surface area contributed by atoms with E-state index in [4.69, 9.17) is 4.74 Å². The van der Waals surface area contributed by atoms with Crippen molar-refractivity contribution in [3.05, 3.63) is 28.8 Å². The Labute approximate surface area is 105 Å². The lowest BCUT2D eigenvalue weighted by Crippen LogP contribution is -2.36. The van der Waals surface area contributed by atoms with Crippen molar-refractivity contribution in [1.82, 2.24) is 5.32 Å². The molecule has 1 aromatic carbocycles. The Balaban J connectivity index is 2.78. The fourth-order valence-electron chi connectivity index (χ4n) is 1.93. The molecule has 2 heteroatoms. The van der Waals surface area contributed by atoms with Crippen LogP contribution >= 0.6 is 0 Å². The summed E-state index contributed by atoms with van der Waals surface area (Å²) in [6.07, 6.45) is 0. The fourth-order valence-corrected chi connectivity index (χ4v) is 1.93. The largest absolute Gasteiger partial charge is 0.491 e. The smallest absolute Gasteiger partial charge is 0.125 e. The Hall–Kier alpha value is -1.02. The molecule has 0 bridgehead atoms. The predicted molar refractivity (Wildman–Crippen MR) is 73.8 cm³/mol. The highest BCUT2D eigenvalue weighted by molar-refractivity contribution is 5.44. The summed E-state index contributed by atoms with van der Waals surface area (Å²) in [5.74, 6) is 1.62. The lowest BCUT2D eigenvalue weighted by atomic mass is 10.0. The molecule has 0 fully saturated rings. The van der Waals surface area contributed by atoms with Crippen molar-refractivity contribution in [2.24, 2.45) is 5.92 Å². The first-order valence-electron chi connectivity index (χ1n) is 6.34. The van der Waals surface area contributed by atoms with E-state index in [-0.39, 0.29) is 0 Å². The second-order valence-corrected chi connectivity index (χ2v) is 5.10. The van der Waals surface area contributed by atoms with Crippen LogP contribution in [-0.4, -0.2) is 19.7 Å². The summed E-state index contributed by atoms with van der Waals surface area (Å²) in [6, 6.07) is 4.67. The van der Waals surface area contributed by atoms with Crippen LogP contribution in [0.3, 0.4) is 0 Å². The van der Waals surface area contributed by atoms with Crippen molar-refractivity contribution >= 4 is 0 Å². The van der Waals surface area contributed by atoms with Gasteiger partial charge in [0.15, 0.2) is 0 Å². The second kappa shape index (κ2) is 6.06. The maximum atomic E-state index is 6.00. The number of benzene rings is 1. The Morgan fingerprint density at radius 1 is 1.12 bits per heavy atom. The highest BCUT2D eigenvalue weighted by Gasteiger charge is 2.13. The van der Waals surface area contributed by atoms with Crippen molar-refractivity contribution in [3.8, 4) is 5.75 Å². The summed E-state index contributed by atoms with van der Waals surface area (Å²) in [5, 5.41) is 3.30. The maximum absolute atomic E-state index is 6.00. The first-order chi connectivity index (χ1) is 7.97. The second-order valence-electron chi connectivity index (χ2n) is 5.10. The minimum Gasteiger partial charge on any atom is -0.491 e. The van der Waals surface area contributed by atoms with Gasteiger partial charge in [0.2, 0.25) is 0 Å². The average Bonchev–Trinajstić information content (AvgIpc) is 2.28. The van der Waals surface area contributed by atoms with Gasteiger partial charge in [-0.3, -0.25) is 0 Å². The number of ether oxygens (including phenoxy) is 1. The highest BCUT2D eigenvalue weighted by atomic mass is 16.5. The van der Waals surface area contributed by atoms with Crippen LogP contribution in [0.15, 0.2) is 12.1 Å². The molecule has 96 valence electrons. The van der Waals surface area contributed by atoms with Gasteiger partial charge in [-0.1, -0.05) is 26.0 Å². The monoisotopic (exact) mass is 235 g/mol. The highest BCUT2D eigenvalue weighted by Crippen LogP contribution is 2.26. The zero-order chi connectivity index (χ0) is 13.0. The van der Waals surface area contributed by atoms with Gasteiger partial charge in [-0.2, -0.15) is 0 Å². The van der Waals surface area contributed by atoms with Crippen molar-refractivity contribution in [2.75, 3.05) is 13.7 Å². The van der Waals surface area contributed by atoms with E-state index in [9.17, 15) is 0 Å². The molecule has 0 aliphatic rings. The van der Waals surface area contributed by atoms with Crippen molar-refractivity contribution < 1.29 is 4.74 Å². The van der Waals surface area contributed by atoms with Gasteiger partial charge in [0.1, 0.15) is 12.4 Å². The molecule has 1 unspecified atom stereocenters. The molecule has 0 saturated carbocycles. The number of hydrogen-bond donors (Lipinski definition) is 1. The summed E-state index contributed by atoms with van der Waals surface area (Å²) >= 11 is 0. The van der Waals surface area contributed by atoms with E-state index in [1.54, 1.807) is 0 Å². The van der Waals surface area contributed by atoms with Crippen LogP contribution in [0.4, 0.5) is 0 Å². The van der Waals surface area contributed by atoms with Gasteiger partial charge in [0.05, 0.1) is 0 Å². The van der Waals surface area contributed by atoms with Gasteiger partial charge in [-0.25, -0.2) is 0 Å². The first kappa shape index (κ1) is 14.0.